The largest absolute Gasteiger partial charge is 0.401 e. The summed E-state index contributed by atoms with van der Waals surface area (Å²) in [5.74, 6) is 0. The van der Waals surface area contributed by atoms with Crippen LogP contribution in [0.2, 0.25) is 0 Å². The molecule has 1 aromatic carbocycles. The van der Waals surface area contributed by atoms with Crippen LogP contribution in [0.15, 0.2) is 43.0 Å². The molecule has 1 N–H and O–H groups in total. The van der Waals surface area contributed by atoms with E-state index < -0.39 is 12.7 Å². The summed E-state index contributed by atoms with van der Waals surface area (Å²) in [5.41, 5.74) is 2.12. The number of halogens is 3. The van der Waals surface area contributed by atoms with Gasteiger partial charge in [-0.05, 0) is 31.0 Å². The molecule has 0 spiro atoms. The number of rotatable bonds is 5. The molecule has 7 heteroatoms. The molecule has 24 heavy (non-hydrogen) atoms. The first-order chi connectivity index (χ1) is 11.4. The average molecular weight is 338 g/mol. The van der Waals surface area contributed by atoms with Crippen molar-refractivity contribution in [3.63, 3.8) is 0 Å². The molecule has 2 atom stereocenters. The van der Waals surface area contributed by atoms with Gasteiger partial charge in [0.15, 0.2) is 0 Å². The zero-order valence-corrected chi connectivity index (χ0v) is 13.5. The van der Waals surface area contributed by atoms with Crippen LogP contribution in [0.1, 0.15) is 24.9 Å². The number of aromatic nitrogens is 2. The molecule has 0 amide bonds. The van der Waals surface area contributed by atoms with Crippen LogP contribution in [0.3, 0.4) is 0 Å². The van der Waals surface area contributed by atoms with Gasteiger partial charge < -0.3 is 9.88 Å². The maximum atomic E-state index is 12.5. The van der Waals surface area contributed by atoms with E-state index in [1.165, 1.54) is 4.90 Å². The van der Waals surface area contributed by atoms with E-state index in [4.69, 9.17) is 0 Å². The molecule has 0 saturated carbocycles. The van der Waals surface area contributed by atoms with E-state index in [0.29, 0.717) is 13.1 Å². The SMILES string of the molecule is CC(NC1CCN(CC(F)(F)F)C1)c1cccc(-n2ccnc2)c1. The summed E-state index contributed by atoms with van der Waals surface area (Å²) in [6, 6.07) is 8.23. The van der Waals surface area contributed by atoms with E-state index in [0.717, 1.165) is 17.7 Å². The standard InChI is InChI=1S/C17H21F3N4/c1-13(22-15-5-7-23(10-15)11-17(18,19)20)14-3-2-4-16(9-14)24-8-6-21-12-24/h2-4,6,8-9,12-13,15,22H,5,7,10-11H2,1H3. The van der Waals surface area contributed by atoms with Crippen LogP contribution >= 0.6 is 0 Å². The Balaban J connectivity index is 1.60. The number of imidazole rings is 1. The molecule has 1 saturated heterocycles. The quantitative estimate of drug-likeness (QED) is 0.909. The minimum Gasteiger partial charge on any atom is -0.306 e. The Hall–Kier alpha value is -1.86. The Kier molecular flexibility index (Phi) is 4.91. The van der Waals surface area contributed by atoms with Gasteiger partial charge in [-0.2, -0.15) is 13.2 Å². The molecule has 0 bridgehead atoms. The molecular formula is C17H21F3N4. The zero-order chi connectivity index (χ0) is 17.2. The van der Waals surface area contributed by atoms with Gasteiger partial charge in [-0.3, -0.25) is 4.90 Å². The number of nitrogens with one attached hydrogen (secondary N) is 1. The Morgan fingerprint density at radius 1 is 1.38 bits per heavy atom. The van der Waals surface area contributed by atoms with Crippen molar-refractivity contribution in [2.24, 2.45) is 0 Å². The number of likely N-dealkylation sites (tertiary alicyclic amines) is 1. The van der Waals surface area contributed by atoms with Crippen molar-refractivity contribution in [3.05, 3.63) is 48.5 Å². The van der Waals surface area contributed by atoms with Gasteiger partial charge in [0.25, 0.3) is 0 Å². The van der Waals surface area contributed by atoms with Gasteiger partial charge in [-0.15, -0.1) is 0 Å². The van der Waals surface area contributed by atoms with E-state index in [1.54, 1.807) is 12.5 Å². The molecule has 2 heterocycles. The molecular weight excluding hydrogens is 317 g/mol. The maximum Gasteiger partial charge on any atom is 0.401 e. The van der Waals surface area contributed by atoms with Crippen molar-refractivity contribution in [3.8, 4) is 5.69 Å². The van der Waals surface area contributed by atoms with Gasteiger partial charge in [0.05, 0.1) is 12.9 Å². The minimum atomic E-state index is -4.13. The second-order valence-electron chi connectivity index (χ2n) is 6.29. The summed E-state index contributed by atoms with van der Waals surface area (Å²) in [4.78, 5) is 5.51. The predicted molar refractivity (Wildman–Crippen MR) is 86.0 cm³/mol. The van der Waals surface area contributed by atoms with Crippen LogP contribution in [0, 0.1) is 0 Å². The lowest BCUT2D eigenvalue weighted by atomic mass is 10.1. The highest BCUT2D eigenvalue weighted by atomic mass is 19.4. The topological polar surface area (TPSA) is 33.1 Å². The van der Waals surface area contributed by atoms with Crippen LogP contribution in [0.5, 0.6) is 0 Å². The van der Waals surface area contributed by atoms with E-state index in [-0.39, 0.29) is 12.1 Å². The summed E-state index contributed by atoms with van der Waals surface area (Å²) < 4.78 is 39.3. The monoisotopic (exact) mass is 338 g/mol. The van der Waals surface area contributed by atoms with Crippen molar-refractivity contribution < 1.29 is 13.2 Å². The smallest absolute Gasteiger partial charge is 0.306 e. The third-order valence-electron chi connectivity index (χ3n) is 4.33. The molecule has 0 aliphatic carbocycles. The maximum absolute atomic E-state index is 12.5. The number of nitrogens with zero attached hydrogens (tertiary/aromatic N) is 3. The third-order valence-corrected chi connectivity index (χ3v) is 4.33. The van der Waals surface area contributed by atoms with Crippen molar-refractivity contribution in [2.45, 2.75) is 31.6 Å². The highest BCUT2D eigenvalue weighted by Gasteiger charge is 2.34. The molecule has 2 aromatic rings. The second kappa shape index (κ2) is 6.94. The predicted octanol–water partition coefficient (Wildman–Crippen LogP) is 3.16. The van der Waals surface area contributed by atoms with Crippen molar-refractivity contribution >= 4 is 0 Å². The van der Waals surface area contributed by atoms with Crippen molar-refractivity contribution in [1.29, 1.82) is 0 Å². The molecule has 1 aliphatic heterocycles. The zero-order valence-electron chi connectivity index (χ0n) is 13.5. The third kappa shape index (κ3) is 4.36. The van der Waals surface area contributed by atoms with Crippen LogP contribution in [-0.2, 0) is 0 Å². The molecule has 1 aliphatic rings. The fraction of sp³-hybridized carbons (Fsp3) is 0.471. The number of benzene rings is 1. The molecule has 1 fully saturated rings. The highest BCUT2D eigenvalue weighted by molar-refractivity contribution is 5.37. The lowest BCUT2D eigenvalue weighted by Gasteiger charge is -2.22. The molecule has 4 nitrogen and oxygen atoms in total. The summed E-state index contributed by atoms with van der Waals surface area (Å²) in [7, 11) is 0. The average Bonchev–Trinajstić information content (AvgIpc) is 3.18. The first-order valence-corrected chi connectivity index (χ1v) is 8.04. The van der Waals surface area contributed by atoms with Gasteiger partial charge in [0, 0.05) is 43.3 Å². The van der Waals surface area contributed by atoms with E-state index >= 15 is 0 Å². The lowest BCUT2D eigenvalue weighted by Crippen LogP contribution is -2.37. The lowest BCUT2D eigenvalue weighted by molar-refractivity contribution is -0.143. The van der Waals surface area contributed by atoms with Crippen molar-refractivity contribution in [1.82, 2.24) is 19.8 Å². The molecule has 1 aromatic heterocycles. The Labute approximate surface area is 139 Å². The van der Waals surface area contributed by atoms with Crippen LogP contribution in [-0.4, -0.2) is 46.3 Å². The Morgan fingerprint density at radius 3 is 2.92 bits per heavy atom. The summed E-state index contributed by atoms with van der Waals surface area (Å²) in [6.07, 6.45) is 1.95. The van der Waals surface area contributed by atoms with Gasteiger partial charge in [0.1, 0.15) is 0 Å². The fourth-order valence-corrected chi connectivity index (χ4v) is 3.18. The minimum absolute atomic E-state index is 0.0734. The number of hydrogen-bond acceptors (Lipinski definition) is 3. The second-order valence-corrected chi connectivity index (χ2v) is 6.29. The molecule has 0 radical (unpaired) electrons. The van der Waals surface area contributed by atoms with Gasteiger partial charge in [-0.1, -0.05) is 12.1 Å². The highest BCUT2D eigenvalue weighted by Crippen LogP contribution is 2.22. The van der Waals surface area contributed by atoms with Gasteiger partial charge in [0.2, 0.25) is 0 Å². The molecule has 2 unspecified atom stereocenters. The summed E-state index contributed by atoms with van der Waals surface area (Å²) >= 11 is 0. The summed E-state index contributed by atoms with van der Waals surface area (Å²) in [6.45, 7) is 2.14. The normalized spacial score (nSPS) is 20.4. The van der Waals surface area contributed by atoms with E-state index in [2.05, 4.69) is 16.4 Å². The van der Waals surface area contributed by atoms with Gasteiger partial charge in [-0.25, -0.2) is 4.98 Å². The fourth-order valence-electron chi connectivity index (χ4n) is 3.18. The van der Waals surface area contributed by atoms with Crippen LogP contribution in [0.4, 0.5) is 13.2 Å². The molecule has 130 valence electrons. The van der Waals surface area contributed by atoms with Crippen LogP contribution < -0.4 is 5.32 Å². The molecule has 3 rings (SSSR count). The van der Waals surface area contributed by atoms with Crippen molar-refractivity contribution in [2.75, 3.05) is 19.6 Å². The summed E-state index contributed by atoms with van der Waals surface area (Å²) in [5, 5.41) is 3.45. The Bertz CT molecular complexity index is 654. The number of hydrogen-bond donors (Lipinski definition) is 1. The van der Waals surface area contributed by atoms with Gasteiger partial charge >= 0.3 is 6.18 Å². The number of alkyl halides is 3. The van der Waals surface area contributed by atoms with Crippen LogP contribution in [0.25, 0.3) is 5.69 Å². The van der Waals surface area contributed by atoms with E-state index in [1.807, 2.05) is 35.9 Å². The Morgan fingerprint density at radius 2 is 2.21 bits per heavy atom. The first kappa shape index (κ1) is 17.0. The van der Waals surface area contributed by atoms with E-state index in [9.17, 15) is 13.2 Å². The first-order valence-electron chi connectivity index (χ1n) is 8.04.